The van der Waals surface area contributed by atoms with Crippen LogP contribution in [-0.2, 0) is 6.18 Å². The fourth-order valence-corrected chi connectivity index (χ4v) is 2.05. The molecule has 0 saturated heterocycles. The van der Waals surface area contributed by atoms with Crippen LogP contribution < -0.4 is 4.74 Å². The van der Waals surface area contributed by atoms with Crippen molar-refractivity contribution >= 4 is 11.6 Å². The summed E-state index contributed by atoms with van der Waals surface area (Å²) in [4.78, 5) is 3.15. The van der Waals surface area contributed by atoms with Crippen LogP contribution in [0.4, 0.5) is 26.3 Å². The fraction of sp³-hybridized carbons (Fsp3) is 0.154. The van der Waals surface area contributed by atoms with Crippen molar-refractivity contribution in [3.8, 4) is 16.9 Å². The van der Waals surface area contributed by atoms with Crippen molar-refractivity contribution in [1.82, 2.24) is 4.98 Å². The van der Waals surface area contributed by atoms with Crippen molar-refractivity contribution in [2.45, 2.75) is 12.5 Å². The van der Waals surface area contributed by atoms with E-state index in [2.05, 4.69) is 9.72 Å². The first-order valence-corrected chi connectivity index (χ1v) is 6.03. The molecule has 0 aliphatic carbocycles. The number of nitrogens with zero attached hydrogens (tertiary/aromatic N) is 1. The third-order valence-corrected chi connectivity index (χ3v) is 2.92. The first-order chi connectivity index (χ1) is 10.1. The molecule has 0 fully saturated rings. The van der Waals surface area contributed by atoms with Gasteiger partial charge in [-0.3, -0.25) is 4.98 Å². The molecule has 0 saturated carbocycles. The Morgan fingerprint density at radius 1 is 1.00 bits per heavy atom. The fourth-order valence-electron chi connectivity index (χ4n) is 1.73. The van der Waals surface area contributed by atoms with Gasteiger partial charge in [0.05, 0.1) is 5.02 Å². The molecular weight excluding hydrogens is 336 g/mol. The highest BCUT2D eigenvalue weighted by Gasteiger charge is 2.36. The van der Waals surface area contributed by atoms with E-state index in [1.807, 2.05) is 0 Å². The summed E-state index contributed by atoms with van der Waals surface area (Å²) in [6, 6.07) is 5.65. The maximum absolute atomic E-state index is 12.7. The molecule has 0 spiro atoms. The number of rotatable bonds is 2. The van der Waals surface area contributed by atoms with Gasteiger partial charge >= 0.3 is 12.5 Å². The van der Waals surface area contributed by atoms with E-state index in [1.165, 1.54) is 18.2 Å². The summed E-state index contributed by atoms with van der Waals surface area (Å²) in [6.07, 6.45) is -8.80. The normalized spacial score (nSPS) is 12.3. The lowest BCUT2D eigenvalue weighted by atomic mass is 10.1. The number of hydrogen-bond donors (Lipinski definition) is 0. The molecule has 2 rings (SSSR count). The van der Waals surface area contributed by atoms with Crippen LogP contribution in [0.2, 0.25) is 5.02 Å². The molecule has 118 valence electrons. The predicted molar refractivity (Wildman–Crippen MR) is 66.4 cm³/mol. The monoisotopic (exact) mass is 341 g/mol. The van der Waals surface area contributed by atoms with Gasteiger partial charge in [0, 0.05) is 11.8 Å². The Morgan fingerprint density at radius 2 is 1.68 bits per heavy atom. The molecule has 9 heteroatoms. The summed E-state index contributed by atoms with van der Waals surface area (Å²) in [7, 11) is 0. The second-order valence-electron chi connectivity index (χ2n) is 4.09. The van der Waals surface area contributed by atoms with Gasteiger partial charge in [-0.1, -0.05) is 23.7 Å². The molecule has 0 unspecified atom stereocenters. The second-order valence-corrected chi connectivity index (χ2v) is 4.47. The number of alkyl halides is 6. The van der Waals surface area contributed by atoms with E-state index in [-0.39, 0.29) is 11.1 Å². The highest BCUT2D eigenvalue weighted by atomic mass is 35.5. The Kier molecular flexibility index (Phi) is 4.23. The van der Waals surface area contributed by atoms with Gasteiger partial charge in [0.25, 0.3) is 0 Å². The summed E-state index contributed by atoms with van der Waals surface area (Å²) < 4.78 is 78.4. The average molecular weight is 342 g/mol. The maximum atomic E-state index is 12.7. The lowest BCUT2D eigenvalue weighted by Crippen LogP contribution is -2.17. The molecule has 22 heavy (non-hydrogen) atoms. The molecule has 2 aromatic rings. The summed E-state index contributed by atoms with van der Waals surface area (Å²) in [5.41, 5.74) is -1.37. The summed E-state index contributed by atoms with van der Waals surface area (Å²) in [5, 5.41) is -0.695. The Labute approximate surface area is 125 Å². The standard InChI is InChI=1S/C13H6ClF6NO/c14-10-9(4-5-21-11(10)12(15,16)17)7-2-1-3-8(6-7)22-13(18,19)20/h1-6H. The van der Waals surface area contributed by atoms with Crippen LogP contribution in [0.15, 0.2) is 36.5 Å². The largest absolute Gasteiger partial charge is 0.573 e. The van der Waals surface area contributed by atoms with Crippen molar-refractivity contribution in [2.24, 2.45) is 0 Å². The minimum Gasteiger partial charge on any atom is -0.406 e. The third kappa shape index (κ3) is 3.82. The van der Waals surface area contributed by atoms with Crippen molar-refractivity contribution in [1.29, 1.82) is 0 Å². The van der Waals surface area contributed by atoms with Crippen LogP contribution in [-0.4, -0.2) is 11.3 Å². The molecule has 0 aliphatic heterocycles. The molecule has 1 aromatic heterocycles. The van der Waals surface area contributed by atoms with Gasteiger partial charge in [0.2, 0.25) is 0 Å². The minimum absolute atomic E-state index is 0.0413. The molecule has 2 nitrogen and oxygen atoms in total. The third-order valence-electron chi connectivity index (χ3n) is 2.54. The quantitative estimate of drug-likeness (QED) is 0.690. The lowest BCUT2D eigenvalue weighted by molar-refractivity contribution is -0.274. The molecule has 1 heterocycles. The molecule has 1 aromatic carbocycles. The lowest BCUT2D eigenvalue weighted by Gasteiger charge is -2.13. The van der Waals surface area contributed by atoms with Gasteiger partial charge in [0.1, 0.15) is 5.75 Å². The maximum Gasteiger partial charge on any atom is 0.573 e. The highest BCUT2D eigenvalue weighted by Crippen LogP contribution is 2.39. The van der Waals surface area contributed by atoms with Crippen LogP contribution >= 0.6 is 11.6 Å². The van der Waals surface area contributed by atoms with Crippen molar-refractivity contribution < 1.29 is 31.1 Å². The van der Waals surface area contributed by atoms with E-state index in [0.717, 1.165) is 18.3 Å². The molecule has 0 atom stereocenters. The topological polar surface area (TPSA) is 22.1 Å². The Bertz CT molecular complexity index is 683. The predicted octanol–water partition coefficient (Wildman–Crippen LogP) is 5.32. The summed E-state index contributed by atoms with van der Waals surface area (Å²) in [6.45, 7) is 0. The van der Waals surface area contributed by atoms with E-state index >= 15 is 0 Å². The smallest absolute Gasteiger partial charge is 0.406 e. The van der Waals surface area contributed by atoms with Crippen molar-refractivity contribution in [3.05, 3.63) is 47.2 Å². The van der Waals surface area contributed by atoms with E-state index in [9.17, 15) is 26.3 Å². The number of pyridine rings is 1. The molecule has 0 N–H and O–H groups in total. The Morgan fingerprint density at radius 3 is 2.27 bits per heavy atom. The van der Waals surface area contributed by atoms with Crippen LogP contribution in [0.3, 0.4) is 0 Å². The summed E-state index contributed by atoms with van der Waals surface area (Å²) in [5.74, 6) is -0.563. The van der Waals surface area contributed by atoms with Crippen LogP contribution in [0.5, 0.6) is 5.75 Å². The van der Waals surface area contributed by atoms with E-state index in [4.69, 9.17) is 11.6 Å². The zero-order chi connectivity index (χ0) is 16.5. The van der Waals surface area contributed by atoms with E-state index in [1.54, 1.807) is 0 Å². The molecular formula is C13H6ClF6NO. The van der Waals surface area contributed by atoms with Gasteiger partial charge in [-0.2, -0.15) is 13.2 Å². The number of ether oxygens (including phenoxy) is 1. The van der Waals surface area contributed by atoms with Gasteiger partial charge in [-0.05, 0) is 23.8 Å². The average Bonchev–Trinajstić information content (AvgIpc) is 2.35. The zero-order valence-electron chi connectivity index (χ0n) is 10.5. The van der Waals surface area contributed by atoms with Crippen LogP contribution in [0, 0.1) is 0 Å². The summed E-state index contributed by atoms with van der Waals surface area (Å²) >= 11 is 5.67. The number of benzene rings is 1. The Hall–Kier alpha value is -1.96. The van der Waals surface area contributed by atoms with Crippen molar-refractivity contribution in [2.75, 3.05) is 0 Å². The van der Waals surface area contributed by atoms with Crippen molar-refractivity contribution in [3.63, 3.8) is 0 Å². The van der Waals surface area contributed by atoms with E-state index in [0.29, 0.717) is 0 Å². The zero-order valence-corrected chi connectivity index (χ0v) is 11.2. The van der Waals surface area contributed by atoms with Gasteiger partial charge < -0.3 is 4.74 Å². The molecule has 0 radical (unpaired) electrons. The Balaban J connectivity index is 2.47. The number of hydrogen-bond acceptors (Lipinski definition) is 2. The minimum atomic E-state index is -4.90. The van der Waals surface area contributed by atoms with Crippen LogP contribution in [0.1, 0.15) is 5.69 Å². The van der Waals surface area contributed by atoms with E-state index < -0.39 is 29.0 Å². The highest BCUT2D eigenvalue weighted by molar-refractivity contribution is 6.34. The SMILES string of the molecule is FC(F)(F)Oc1cccc(-c2ccnc(C(F)(F)F)c2Cl)c1. The second kappa shape index (κ2) is 5.68. The van der Waals surface area contributed by atoms with Crippen LogP contribution in [0.25, 0.3) is 11.1 Å². The first kappa shape index (κ1) is 16.4. The number of aromatic nitrogens is 1. The van der Waals surface area contributed by atoms with Gasteiger partial charge in [0.15, 0.2) is 5.69 Å². The molecule has 0 amide bonds. The first-order valence-electron chi connectivity index (χ1n) is 5.66. The number of halogens is 7. The molecule has 0 aliphatic rings. The van der Waals surface area contributed by atoms with Gasteiger partial charge in [-0.25, -0.2) is 0 Å². The van der Waals surface area contributed by atoms with Gasteiger partial charge in [-0.15, -0.1) is 13.2 Å². The molecule has 0 bridgehead atoms.